The number of halogens is 1. The zero-order valence-corrected chi connectivity index (χ0v) is 12.2. The monoisotopic (exact) mass is 286 g/mol. The van der Waals surface area contributed by atoms with Gasteiger partial charge in [-0.2, -0.15) is 0 Å². The van der Waals surface area contributed by atoms with Gasteiger partial charge in [0.2, 0.25) is 5.28 Å². The lowest BCUT2D eigenvalue weighted by atomic mass is 10.2. The van der Waals surface area contributed by atoms with Crippen molar-refractivity contribution in [1.82, 2.24) is 9.38 Å². The summed E-state index contributed by atoms with van der Waals surface area (Å²) in [6.45, 7) is 4.49. The zero-order valence-electron chi connectivity index (χ0n) is 11.4. The molecule has 0 fully saturated rings. The molecule has 102 valence electrons. The summed E-state index contributed by atoms with van der Waals surface area (Å²) in [6.07, 6.45) is 1.93. The van der Waals surface area contributed by atoms with E-state index in [0.29, 0.717) is 11.9 Å². The average molecular weight is 287 g/mol. The van der Waals surface area contributed by atoms with Crippen LogP contribution in [-0.2, 0) is 6.61 Å². The second-order valence-corrected chi connectivity index (χ2v) is 5.23. The molecule has 0 aliphatic carbocycles. The lowest BCUT2D eigenvalue weighted by Gasteiger charge is -2.05. The largest absolute Gasteiger partial charge is 0.487 e. The van der Waals surface area contributed by atoms with E-state index >= 15 is 0 Å². The second-order valence-electron chi connectivity index (χ2n) is 4.89. The number of hydrogen-bond acceptors (Lipinski definition) is 2. The van der Waals surface area contributed by atoms with Crippen LogP contribution in [0.3, 0.4) is 0 Å². The van der Waals surface area contributed by atoms with Crippen LogP contribution in [0, 0.1) is 13.8 Å². The summed E-state index contributed by atoms with van der Waals surface area (Å²) in [5.74, 6) is 0.843. The Kier molecular flexibility index (Phi) is 3.36. The van der Waals surface area contributed by atoms with Gasteiger partial charge in [-0.05, 0) is 60.8 Å². The first-order valence-corrected chi connectivity index (χ1v) is 6.84. The predicted molar refractivity (Wildman–Crippen MR) is 80.5 cm³/mol. The number of pyridine rings is 1. The number of nitrogens with zero attached hydrogens (tertiary/aromatic N) is 2. The summed E-state index contributed by atoms with van der Waals surface area (Å²) in [4.78, 5) is 4.37. The molecule has 3 aromatic rings. The van der Waals surface area contributed by atoms with Crippen molar-refractivity contribution in [2.45, 2.75) is 20.5 Å². The highest BCUT2D eigenvalue weighted by Crippen LogP contribution is 2.20. The highest BCUT2D eigenvalue weighted by atomic mass is 35.5. The molecule has 2 heterocycles. The molecule has 1 aromatic carbocycles. The number of hydrogen-bond donors (Lipinski definition) is 0. The number of imidazole rings is 1. The lowest BCUT2D eigenvalue weighted by molar-refractivity contribution is 0.303. The molecule has 0 aliphatic rings. The first kappa shape index (κ1) is 13.0. The molecule has 0 atom stereocenters. The first-order chi connectivity index (χ1) is 9.63. The lowest BCUT2D eigenvalue weighted by Crippen LogP contribution is -1.97. The Morgan fingerprint density at radius 3 is 2.75 bits per heavy atom. The van der Waals surface area contributed by atoms with Crippen LogP contribution in [0.25, 0.3) is 5.52 Å². The summed E-state index contributed by atoms with van der Waals surface area (Å²) >= 11 is 6.13. The molecular formula is C16H15ClN2O. The Bertz CT molecular complexity index is 764. The molecule has 20 heavy (non-hydrogen) atoms. The SMILES string of the molecule is Cc1cccc(OCc2nc(Cl)n3ccc(C)cc23)c1. The molecule has 0 saturated heterocycles. The summed E-state index contributed by atoms with van der Waals surface area (Å²) in [5, 5.41) is 0.461. The topological polar surface area (TPSA) is 26.5 Å². The second kappa shape index (κ2) is 5.17. The fraction of sp³-hybridized carbons (Fsp3) is 0.188. The van der Waals surface area contributed by atoms with Gasteiger partial charge in [0, 0.05) is 6.20 Å². The maximum absolute atomic E-state index is 6.13. The fourth-order valence-corrected chi connectivity index (χ4v) is 2.42. The van der Waals surface area contributed by atoms with E-state index in [9.17, 15) is 0 Å². The normalized spacial score (nSPS) is 10.9. The number of rotatable bonds is 3. The van der Waals surface area contributed by atoms with Gasteiger partial charge in [0.25, 0.3) is 0 Å². The molecule has 0 bridgehead atoms. The van der Waals surface area contributed by atoms with E-state index in [1.54, 1.807) is 0 Å². The van der Waals surface area contributed by atoms with Gasteiger partial charge < -0.3 is 4.74 Å². The van der Waals surface area contributed by atoms with E-state index in [1.807, 2.05) is 54.8 Å². The standard InChI is InChI=1S/C16H15ClN2O/c1-11-4-3-5-13(8-11)20-10-14-15-9-12(2)6-7-19(15)16(17)18-14/h3-9H,10H2,1-2H3. The third-order valence-corrected chi connectivity index (χ3v) is 3.46. The summed E-state index contributed by atoms with van der Waals surface area (Å²) in [6, 6.07) is 12.0. The number of ether oxygens (including phenoxy) is 1. The van der Waals surface area contributed by atoms with Gasteiger partial charge >= 0.3 is 0 Å². The van der Waals surface area contributed by atoms with Crippen LogP contribution in [-0.4, -0.2) is 9.38 Å². The minimum absolute atomic E-state index is 0.406. The van der Waals surface area contributed by atoms with Gasteiger partial charge in [-0.3, -0.25) is 4.40 Å². The molecule has 2 aromatic heterocycles. The third-order valence-electron chi connectivity index (χ3n) is 3.20. The van der Waals surface area contributed by atoms with Crippen LogP contribution in [0.2, 0.25) is 5.28 Å². The van der Waals surface area contributed by atoms with Gasteiger partial charge in [0.1, 0.15) is 18.1 Å². The molecule has 4 heteroatoms. The third kappa shape index (κ3) is 2.49. The van der Waals surface area contributed by atoms with Crippen molar-refractivity contribution < 1.29 is 4.74 Å². The smallest absolute Gasteiger partial charge is 0.207 e. The van der Waals surface area contributed by atoms with Crippen molar-refractivity contribution >= 4 is 17.1 Å². The van der Waals surface area contributed by atoms with Crippen LogP contribution in [0.4, 0.5) is 0 Å². The molecule has 0 radical (unpaired) electrons. The molecule has 0 saturated carbocycles. The van der Waals surface area contributed by atoms with Crippen molar-refractivity contribution in [3.05, 3.63) is 64.7 Å². The molecule has 3 rings (SSSR count). The van der Waals surface area contributed by atoms with Gasteiger partial charge in [-0.1, -0.05) is 12.1 Å². The molecule has 0 spiro atoms. The van der Waals surface area contributed by atoms with Crippen molar-refractivity contribution in [1.29, 1.82) is 0 Å². The fourth-order valence-electron chi connectivity index (χ4n) is 2.17. The maximum atomic E-state index is 6.13. The highest BCUT2D eigenvalue weighted by molar-refractivity contribution is 6.28. The van der Waals surface area contributed by atoms with E-state index in [-0.39, 0.29) is 0 Å². The quantitative estimate of drug-likeness (QED) is 0.722. The molecule has 0 amide bonds. The molecule has 3 nitrogen and oxygen atoms in total. The zero-order chi connectivity index (χ0) is 14.1. The summed E-state index contributed by atoms with van der Waals surface area (Å²) in [7, 11) is 0. The van der Waals surface area contributed by atoms with Crippen molar-refractivity contribution in [2.75, 3.05) is 0 Å². The number of aromatic nitrogens is 2. The Labute approximate surface area is 122 Å². The Morgan fingerprint density at radius 2 is 1.95 bits per heavy atom. The summed E-state index contributed by atoms with van der Waals surface area (Å²) < 4.78 is 7.66. The van der Waals surface area contributed by atoms with Crippen LogP contribution in [0.5, 0.6) is 5.75 Å². The molecule has 0 unspecified atom stereocenters. The van der Waals surface area contributed by atoms with E-state index in [2.05, 4.69) is 11.1 Å². The van der Waals surface area contributed by atoms with Crippen LogP contribution in [0.15, 0.2) is 42.6 Å². The molecule has 0 aliphatic heterocycles. The van der Waals surface area contributed by atoms with Crippen LogP contribution < -0.4 is 4.74 Å². The van der Waals surface area contributed by atoms with Crippen molar-refractivity contribution in [3.8, 4) is 5.75 Å². The predicted octanol–water partition coefficient (Wildman–Crippen LogP) is 4.18. The molecular weight excluding hydrogens is 272 g/mol. The van der Waals surface area contributed by atoms with E-state index in [1.165, 1.54) is 11.1 Å². The number of benzene rings is 1. The van der Waals surface area contributed by atoms with E-state index in [0.717, 1.165) is 17.0 Å². The minimum atomic E-state index is 0.406. The summed E-state index contributed by atoms with van der Waals surface area (Å²) in [5.41, 5.74) is 4.18. The Balaban J connectivity index is 1.89. The molecule has 0 N–H and O–H groups in total. The first-order valence-electron chi connectivity index (χ1n) is 6.46. The Morgan fingerprint density at radius 1 is 1.15 bits per heavy atom. The number of fused-ring (bicyclic) bond motifs is 1. The van der Waals surface area contributed by atoms with E-state index < -0.39 is 0 Å². The van der Waals surface area contributed by atoms with Crippen LogP contribution in [0.1, 0.15) is 16.8 Å². The van der Waals surface area contributed by atoms with Gasteiger partial charge in [-0.15, -0.1) is 0 Å². The van der Waals surface area contributed by atoms with Gasteiger partial charge in [0.15, 0.2) is 0 Å². The maximum Gasteiger partial charge on any atom is 0.207 e. The number of aryl methyl sites for hydroxylation is 2. The van der Waals surface area contributed by atoms with E-state index in [4.69, 9.17) is 16.3 Å². The van der Waals surface area contributed by atoms with Crippen LogP contribution >= 0.6 is 11.6 Å². The van der Waals surface area contributed by atoms with Crippen molar-refractivity contribution in [3.63, 3.8) is 0 Å². The van der Waals surface area contributed by atoms with Gasteiger partial charge in [0.05, 0.1) is 5.52 Å². The minimum Gasteiger partial charge on any atom is -0.487 e. The van der Waals surface area contributed by atoms with Gasteiger partial charge in [-0.25, -0.2) is 4.98 Å². The Hall–Kier alpha value is -2.00. The highest BCUT2D eigenvalue weighted by Gasteiger charge is 2.10. The average Bonchev–Trinajstić information content (AvgIpc) is 2.73. The van der Waals surface area contributed by atoms with Crippen molar-refractivity contribution in [2.24, 2.45) is 0 Å².